The number of hydrogen-bond donors (Lipinski definition) is 2. The molecule has 1 aromatic carbocycles. The van der Waals surface area contributed by atoms with Gasteiger partial charge in [-0.3, -0.25) is 4.79 Å². The molecule has 1 amide bonds. The summed E-state index contributed by atoms with van der Waals surface area (Å²) in [5.41, 5.74) is 6.90. The van der Waals surface area contributed by atoms with Crippen molar-refractivity contribution in [2.45, 2.75) is 39.7 Å². The van der Waals surface area contributed by atoms with E-state index in [1.165, 1.54) is 0 Å². The SMILES string of the molecule is CC(C)CCC(C)NC(=O)c1cc(N)cc(Br)c1. The highest BCUT2D eigenvalue weighted by Gasteiger charge is 2.11. The Morgan fingerprint density at radius 3 is 2.50 bits per heavy atom. The van der Waals surface area contributed by atoms with Gasteiger partial charge in [0.2, 0.25) is 0 Å². The number of carbonyl (C=O) groups excluding carboxylic acids is 1. The summed E-state index contributed by atoms with van der Waals surface area (Å²) >= 11 is 3.34. The average Bonchev–Trinajstić information content (AvgIpc) is 2.25. The van der Waals surface area contributed by atoms with Crippen LogP contribution in [0.2, 0.25) is 0 Å². The van der Waals surface area contributed by atoms with E-state index in [0.717, 1.165) is 17.3 Å². The van der Waals surface area contributed by atoms with Crippen molar-refractivity contribution in [1.29, 1.82) is 0 Å². The first-order chi connectivity index (χ1) is 8.38. The van der Waals surface area contributed by atoms with E-state index in [9.17, 15) is 4.79 Å². The van der Waals surface area contributed by atoms with Crippen LogP contribution in [-0.4, -0.2) is 11.9 Å². The summed E-state index contributed by atoms with van der Waals surface area (Å²) in [7, 11) is 0. The Bertz CT molecular complexity index is 398. The Morgan fingerprint density at radius 1 is 1.28 bits per heavy atom. The largest absolute Gasteiger partial charge is 0.399 e. The number of halogens is 1. The van der Waals surface area contributed by atoms with Gasteiger partial charge < -0.3 is 11.1 Å². The molecule has 3 nitrogen and oxygen atoms in total. The highest BCUT2D eigenvalue weighted by molar-refractivity contribution is 9.10. The number of rotatable bonds is 5. The van der Waals surface area contributed by atoms with Gasteiger partial charge in [0.25, 0.3) is 5.91 Å². The molecule has 3 N–H and O–H groups in total. The smallest absolute Gasteiger partial charge is 0.251 e. The fraction of sp³-hybridized carbons (Fsp3) is 0.500. The number of anilines is 1. The van der Waals surface area contributed by atoms with E-state index >= 15 is 0 Å². The lowest BCUT2D eigenvalue weighted by Crippen LogP contribution is -2.32. The molecule has 1 unspecified atom stereocenters. The number of amides is 1. The maximum Gasteiger partial charge on any atom is 0.251 e. The summed E-state index contributed by atoms with van der Waals surface area (Å²) in [6.07, 6.45) is 2.11. The molecule has 0 aromatic heterocycles. The molecule has 0 aliphatic carbocycles. The molecule has 4 heteroatoms. The van der Waals surface area contributed by atoms with E-state index in [-0.39, 0.29) is 11.9 Å². The Balaban J connectivity index is 2.59. The Kier molecular flexibility index (Phi) is 5.66. The van der Waals surface area contributed by atoms with E-state index < -0.39 is 0 Å². The summed E-state index contributed by atoms with van der Waals surface area (Å²) < 4.78 is 0.822. The highest BCUT2D eigenvalue weighted by Crippen LogP contribution is 2.17. The van der Waals surface area contributed by atoms with Crippen LogP contribution in [0.15, 0.2) is 22.7 Å². The first kappa shape index (κ1) is 15.0. The fourth-order valence-corrected chi connectivity index (χ4v) is 2.22. The number of carbonyl (C=O) groups is 1. The monoisotopic (exact) mass is 312 g/mol. The van der Waals surface area contributed by atoms with Crippen LogP contribution >= 0.6 is 15.9 Å². The zero-order chi connectivity index (χ0) is 13.7. The lowest BCUT2D eigenvalue weighted by molar-refractivity contribution is 0.0937. The normalized spacial score (nSPS) is 12.5. The third-order valence-electron chi connectivity index (χ3n) is 2.74. The molecule has 18 heavy (non-hydrogen) atoms. The van der Waals surface area contributed by atoms with Crippen LogP contribution in [0.25, 0.3) is 0 Å². The summed E-state index contributed by atoms with van der Waals surface area (Å²) in [5.74, 6) is 0.588. The van der Waals surface area contributed by atoms with Crippen molar-refractivity contribution in [1.82, 2.24) is 5.32 Å². The number of nitrogens with one attached hydrogen (secondary N) is 1. The minimum Gasteiger partial charge on any atom is -0.399 e. The van der Waals surface area contributed by atoms with Crippen LogP contribution in [-0.2, 0) is 0 Å². The number of nitrogens with two attached hydrogens (primary N) is 1. The van der Waals surface area contributed by atoms with Gasteiger partial charge in [-0.15, -0.1) is 0 Å². The molecule has 1 rings (SSSR count). The second-order valence-corrected chi connectivity index (χ2v) is 6.03. The van der Waals surface area contributed by atoms with Gasteiger partial charge in [0.1, 0.15) is 0 Å². The summed E-state index contributed by atoms with van der Waals surface area (Å²) in [4.78, 5) is 12.0. The van der Waals surface area contributed by atoms with Crippen molar-refractivity contribution in [3.8, 4) is 0 Å². The minimum atomic E-state index is -0.0701. The first-order valence-electron chi connectivity index (χ1n) is 6.25. The Morgan fingerprint density at radius 2 is 1.94 bits per heavy atom. The molecule has 0 fully saturated rings. The summed E-state index contributed by atoms with van der Waals surface area (Å²) in [5, 5.41) is 2.99. The van der Waals surface area contributed by atoms with Crippen LogP contribution < -0.4 is 11.1 Å². The van der Waals surface area contributed by atoms with Crippen LogP contribution in [0, 0.1) is 5.92 Å². The third-order valence-corrected chi connectivity index (χ3v) is 3.19. The van der Waals surface area contributed by atoms with E-state index in [4.69, 9.17) is 5.73 Å². The molecule has 1 atom stereocenters. The highest BCUT2D eigenvalue weighted by atomic mass is 79.9. The summed E-state index contributed by atoms with van der Waals surface area (Å²) in [6, 6.07) is 5.43. The Hall–Kier alpha value is -1.03. The maximum absolute atomic E-state index is 12.0. The maximum atomic E-state index is 12.0. The van der Waals surface area contributed by atoms with E-state index in [0.29, 0.717) is 17.2 Å². The predicted octanol–water partition coefficient (Wildman–Crippen LogP) is 3.59. The van der Waals surface area contributed by atoms with Gasteiger partial charge in [0, 0.05) is 21.8 Å². The number of hydrogen-bond acceptors (Lipinski definition) is 2. The van der Waals surface area contributed by atoms with E-state index in [2.05, 4.69) is 35.1 Å². The van der Waals surface area contributed by atoms with Gasteiger partial charge in [0.05, 0.1) is 0 Å². The quantitative estimate of drug-likeness (QED) is 0.816. The van der Waals surface area contributed by atoms with Gasteiger partial charge in [-0.2, -0.15) is 0 Å². The van der Waals surface area contributed by atoms with Crippen molar-refractivity contribution in [3.05, 3.63) is 28.2 Å². The van der Waals surface area contributed by atoms with Crippen LogP contribution in [0.1, 0.15) is 44.0 Å². The van der Waals surface area contributed by atoms with Gasteiger partial charge in [-0.05, 0) is 43.9 Å². The lowest BCUT2D eigenvalue weighted by Gasteiger charge is -2.15. The second kappa shape index (κ2) is 6.78. The molecular weight excluding hydrogens is 292 g/mol. The van der Waals surface area contributed by atoms with Gasteiger partial charge >= 0.3 is 0 Å². The second-order valence-electron chi connectivity index (χ2n) is 5.12. The molecule has 0 radical (unpaired) electrons. The molecule has 0 heterocycles. The van der Waals surface area contributed by atoms with Crippen molar-refractivity contribution < 1.29 is 4.79 Å². The van der Waals surface area contributed by atoms with Gasteiger partial charge in [0.15, 0.2) is 0 Å². The van der Waals surface area contributed by atoms with E-state index in [1.807, 2.05) is 6.92 Å². The number of nitrogen functional groups attached to an aromatic ring is 1. The van der Waals surface area contributed by atoms with Crippen LogP contribution in [0.5, 0.6) is 0 Å². The first-order valence-corrected chi connectivity index (χ1v) is 7.04. The molecule has 0 saturated heterocycles. The average molecular weight is 313 g/mol. The molecule has 0 saturated carbocycles. The third kappa shape index (κ3) is 5.08. The molecule has 0 aliphatic rings. The Labute approximate surface area is 117 Å². The van der Waals surface area contributed by atoms with Crippen LogP contribution in [0.3, 0.4) is 0 Å². The molecule has 0 bridgehead atoms. The lowest BCUT2D eigenvalue weighted by atomic mass is 10.0. The van der Waals surface area contributed by atoms with Gasteiger partial charge in [-0.1, -0.05) is 29.8 Å². The molecule has 100 valence electrons. The van der Waals surface area contributed by atoms with Crippen molar-refractivity contribution in [2.75, 3.05) is 5.73 Å². The van der Waals surface area contributed by atoms with Crippen molar-refractivity contribution in [2.24, 2.45) is 5.92 Å². The predicted molar refractivity (Wildman–Crippen MR) is 79.6 cm³/mol. The standard InChI is InChI=1S/C14H21BrN2O/c1-9(2)4-5-10(3)17-14(18)11-6-12(15)8-13(16)7-11/h6-10H,4-5,16H2,1-3H3,(H,17,18). The van der Waals surface area contributed by atoms with Crippen LogP contribution in [0.4, 0.5) is 5.69 Å². The van der Waals surface area contributed by atoms with Crippen molar-refractivity contribution in [3.63, 3.8) is 0 Å². The molecular formula is C14H21BrN2O. The van der Waals surface area contributed by atoms with Gasteiger partial charge in [-0.25, -0.2) is 0 Å². The molecule has 0 spiro atoms. The molecule has 1 aromatic rings. The molecule has 0 aliphatic heterocycles. The topological polar surface area (TPSA) is 55.1 Å². The fourth-order valence-electron chi connectivity index (χ4n) is 1.71. The number of benzene rings is 1. The van der Waals surface area contributed by atoms with Crippen molar-refractivity contribution >= 4 is 27.5 Å². The minimum absolute atomic E-state index is 0.0701. The summed E-state index contributed by atoms with van der Waals surface area (Å²) in [6.45, 7) is 6.40. The zero-order valence-corrected chi connectivity index (χ0v) is 12.8. The van der Waals surface area contributed by atoms with E-state index in [1.54, 1.807) is 18.2 Å². The zero-order valence-electron chi connectivity index (χ0n) is 11.2.